The number of ether oxygens (including phenoxy) is 1. The van der Waals surface area contributed by atoms with Crippen LogP contribution in [0.5, 0.6) is 0 Å². The third-order valence-electron chi connectivity index (χ3n) is 4.47. The van der Waals surface area contributed by atoms with E-state index in [9.17, 15) is 0 Å². The Hall–Kier alpha value is -1.09. The number of pyridine rings is 1. The molecule has 0 saturated carbocycles. The molecule has 1 aliphatic rings. The smallest absolute Gasteiger partial charge is 0.191 e. The molecule has 154 valence electrons. The van der Waals surface area contributed by atoms with Crippen LogP contribution in [0, 0.1) is 0 Å². The quantitative estimate of drug-likeness (QED) is 0.241. The van der Waals surface area contributed by atoms with Crippen molar-refractivity contribution in [3.05, 3.63) is 23.9 Å². The van der Waals surface area contributed by atoms with E-state index in [1.54, 1.807) is 0 Å². The zero-order chi connectivity index (χ0) is 18.5. The van der Waals surface area contributed by atoms with Crippen LogP contribution in [-0.2, 0) is 11.3 Å². The van der Waals surface area contributed by atoms with Crippen LogP contribution in [0.2, 0.25) is 0 Å². The molecule has 1 fully saturated rings. The summed E-state index contributed by atoms with van der Waals surface area (Å²) < 4.78 is 5.37. The molecule has 2 N–H and O–H groups in total. The Morgan fingerprint density at radius 3 is 2.67 bits per heavy atom. The monoisotopic (exact) mass is 489 g/mol. The summed E-state index contributed by atoms with van der Waals surface area (Å²) in [5.74, 6) is 1.95. The number of anilines is 1. The second-order valence-electron chi connectivity index (χ2n) is 6.60. The Labute approximate surface area is 181 Å². The molecule has 7 heteroatoms. The molecule has 1 aliphatic heterocycles. The van der Waals surface area contributed by atoms with E-state index in [0.29, 0.717) is 6.54 Å². The van der Waals surface area contributed by atoms with Crippen molar-refractivity contribution in [1.29, 1.82) is 0 Å². The van der Waals surface area contributed by atoms with Gasteiger partial charge in [0.15, 0.2) is 5.96 Å². The summed E-state index contributed by atoms with van der Waals surface area (Å²) in [6.07, 6.45) is 8.09. The average molecular weight is 489 g/mol. The van der Waals surface area contributed by atoms with E-state index in [4.69, 9.17) is 9.73 Å². The molecule has 0 atom stereocenters. The minimum atomic E-state index is 0. The van der Waals surface area contributed by atoms with Gasteiger partial charge in [0.1, 0.15) is 5.82 Å². The third kappa shape index (κ3) is 9.60. The van der Waals surface area contributed by atoms with Gasteiger partial charge in [0.2, 0.25) is 0 Å². The first kappa shape index (κ1) is 23.9. The number of aromatic nitrogens is 1. The highest BCUT2D eigenvalue weighted by molar-refractivity contribution is 14.0. The van der Waals surface area contributed by atoms with Gasteiger partial charge in [-0.3, -0.25) is 0 Å². The molecule has 0 spiro atoms. The number of nitrogens with zero attached hydrogens (tertiary/aromatic N) is 3. The number of hydrogen-bond donors (Lipinski definition) is 2. The van der Waals surface area contributed by atoms with E-state index in [1.807, 2.05) is 13.1 Å². The summed E-state index contributed by atoms with van der Waals surface area (Å²) in [4.78, 5) is 11.7. The van der Waals surface area contributed by atoms with Gasteiger partial charge in [0.25, 0.3) is 0 Å². The predicted molar refractivity (Wildman–Crippen MR) is 124 cm³/mol. The fourth-order valence-corrected chi connectivity index (χ4v) is 3.07. The van der Waals surface area contributed by atoms with Crippen molar-refractivity contribution in [2.24, 2.45) is 4.99 Å². The molecular weight excluding hydrogens is 453 g/mol. The normalized spacial score (nSPS) is 15.0. The van der Waals surface area contributed by atoms with Crippen molar-refractivity contribution in [3.63, 3.8) is 0 Å². The molecule has 6 nitrogen and oxygen atoms in total. The first-order valence-corrected chi connectivity index (χ1v) is 10.1. The van der Waals surface area contributed by atoms with Gasteiger partial charge in [-0.05, 0) is 50.8 Å². The molecule has 2 rings (SSSR count). The maximum absolute atomic E-state index is 5.37. The van der Waals surface area contributed by atoms with Crippen molar-refractivity contribution in [1.82, 2.24) is 15.6 Å². The van der Waals surface area contributed by atoms with Crippen LogP contribution >= 0.6 is 24.0 Å². The molecule has 2 heterocycles. The van der Waals surface area contributed by atoms with E-state index in [-0.39, 0.29) is 24.0 Å². The average Bonchev–Trinajstić information content (AvgIpc) is 2.95. The predicted octanol–water partition coefficient (Wildman–Crippen LogP) is 3.56. The number of halogens is 1. The highest BCUT2D eigenvalue weighted by Gasteiger charge is 2.11. The highest BCUT2D eigenvalue weighted by atomic mass is 127. The van der Waals surface area contributed by atoms with Crippen LogP contribution in [-0.4, -0.2) is 50.3 Å². The number of guanidine groups is 1. The van der Waals surface area contributed by atoms with Crippen LogP contribution < -0.4 is 15.5 Å². The summed E-state index contributed by atoms with van der Waals surface area (Å²) in [5.41, 5.74) is 1.20. The summed E-state index contributed by atoms with van der Waals surface area (Å²) in [6, 6.07) is 4.25. The highest BCUT2D eigenvalue weighted by Crippen LogP contribution is 2.18. The van der Waals surface area contributed by atoms with Crippen LogP contribution in [0.3, 0.4) is 0 Å². The topological polar surface area (TPSA) is 61.8 Å². The molecule has 0 bridgehead atoms. The zero-order valence-corrected chi connectivity index (χ0v) is 19.2. The molecular formula is C20H36IN5O. The van der Waals surface area contributed by atoms with Crippen LogP contribution in [0.1, 0.15) is 51.5 Å². The lowest BCUT2D eigenvalue weighted by molar-refractivity contribution is 0.145. The SMILES string of the molecule is CCNC(=NCc1ccnc(N2CCCCCC2)c1)NCCCOCC.I. The van der Waals surface area contributed by atoms with Crippen molar-refractivity contribution in [3.8, 4) is 0 Å². The molecule has 1 saturated heterocycles. The molecule has 0 aliphatic carbocycles. The summed E-state index contributed by atoms with van der Waals surface area (Å²) in [5, 5.41) is 6.67. The van der Waals surface area contributed by atoms with Gasteiger partial charge < -0.3 is 20.3 Å². The zero-order valence-electron chi connectivity index (χ0n) is 16.9. The fourth-order valence-electron chi connectivity index (χ4n) is 3.07. The van der Waals surface area contributed by atoms with Gasteiger partial charge in [-0.25, -0.2) is 9.98 Å². The van der Waals surface area contributed by atoms with Crippen LogP contribution in [0.4, 0.5) is 5.82 Å². The Bertz CT molecular complexity index is 533. The van der Waals surface area contributed by atoms with Gasteiger partial charge >= 0.3 is 0 Å². The van der Waals surface area contributed by atoms with E-state index < -0.39 is 0 Å². The van der Waals surface area contributed by atoms with E-state index in [2.05, 4.69) is 39.6 Å². The minimum Gasteiger partial charge on any atom is -0.382 e. The van der Waals surface area contributed by atoms with Crippen LogP contribution in [0.25, 0.3) is 0 Å². The molecule has 0 radical (unpaired) electrons. The van der Waals surface area contributed by atoms with Gasteiger partial charge in [-0.2, -0.15) is 0 Å². The lowest BCUT2D eigenvalue weighted by atomic mass is 10.2. The number of hydrogen-bond acceptors (Lipinski definition) is 4. The summed E-state index contributed by atoms with van der Waals surface area (Å²) in [7, 11) is 0. The Kier molecular flexibility index (Phi) is 13.2. The fraction of sp³-hybridized carbons (Fsp3) is 0.700. The lowest BCUT2D eigenvalue weighted by Gasteiger charge is -2.21. The summed E-state index contributed by atoms with van der Waals surface area (Å²) in [6.45, 7) is 10.3. The van der Waals surface area contributed by atoms with Crippen molar-refractivity contribution in [2.45, 2.75) is 52.5 Å². The molecule has 1 aromatic heterocycles. The van der Waals surface area contributed by atoms with Gasteiger partial charge in [-0.15, -0.1) is 24.0 Å². The second-order valence-corrected chi connectivity index (χ2v) is 6.60. The lowest BCUT2D eigenvalue weighted by Crippen LogP contribution is -2.38. The molecule has 27 heavy (non-hydrogen) atoms. The molecule has 0 aromatic carbocycles. The molecule has 1 aromatic rings. The maximum atomic E-state index is 5.37. The Morgan fingerprint density at radius 1 is 1.19 bits per heavy atom. The molecule has 0 unspecified atom stereocenters. The second kappa shape index (κ2) is 14.9. The van der Waals surface area contributed by atoms with Gasteiger partial charge in [0.05, 0.1) is 6.54 Å². The van der Waals surface area contributed by atoms with Crippen molar-refractivity contribution in [2.75, 3.05) is 44.3 Å². The first-order valence-electron chi connectivity index (χ1n) is 10.1. The number of aliphatic imine (C=N–C) groups is 1. The van der Waals surface area contributed by atoms with Crippen LogP contribution in [0.15, 0.2) is 23.3 Å². The van der Waals surface area contributed by atoms with Gasteiger partial charge in [-0.1, -0.05) is 12.8 Å². The first-order chi connectivity index (χ1) is 12.8. The Balaban J connectivity index is 0.00000364. The third-order valence-corrected chi connectivity index (χ3v) is 4.47. The number of rotatable bonds is 9. The van der Waals surface area contributed by atoms with E-state index >= 15 is 0 Å². The standard InChI is InChI=1S/C20H35N5O.HI/c1-3-21-20(23-11-9-15-26-4-2)24-17-18-10-12-22-19(16-18)25-13-7-5-6-8-14-25;/h10,12,16H,3-9,11,13-15,17H2,1-2H3,(H2,21,23,24);1H. The minimum absolute atomic E-state index is 0. The van der Waals surface area contributed by atoms with Crippen molar-refractivity contribution >= 4 is 35.8 Å². The summed E-state index contributed by atoms with van der Waals surface area (Å²) >= 11 is 0. The van der Waals surface area contributed by atoms with Crippen molar-refractivity contribution < 1.29 is 4.74 Å². The maximum Gasteiger partial charge on any atom is 0.191 e. The van der Waals surface area contributed by atoms with Gasteiger partial charge in [0, 0.05) is 45.6 Å². The largest absolute Gasteiger partial charge is 0.382 e. The molecule has 0 amide bonds. The number of nitrogens with one attached hydrogen (secondary N) is 2. The van der Waals surface area contributed by atoms with E-state index in [1.165, 1.54) is 31.2 Å². The Morgan fingerprint density at radius 2 is 1.96 bits per heavy atom. The van der Waals surface area contributed by atoms with E-state index in [0.717, 1.165) is 57.6 Å².